The third-order valence-electron chi connectivity index (χ3n) is 5.14. The van der Waals surface area contributed by atoms with Gasteiger partial charge in [-0.15, -0.1) is 0 Å². The highest BCUT2D eigenvalue weighted by Crippen LogP contribution is 2.23. The molecular weight excluding hydrogens is 396 g/mol. The van der Waals surface area contributed by atoms with Crippen LogP contribution in [0.15, 0.2) is 48.5 Å². The van der Waals surface area contributed by atoms with Crippen molar-refractivity contribution in [3.63, 3.8) is 0 Å². The van der Waals surface area contributed by atoms with E-state index in [0.717, 1.165) is 24.8 Å². The highest BCUT2D eigenvalue weighted by atomic mass is 16.5. The lowest BCUT2D eigenvalue weighted by atomic mass is 9.89. The first kappa shape index (κ1) is 22.2. The Bertz CT molecular complexity index is 956. The van der Waals surface area contributed by atoms with E-state index in [4.69, 9.17) is 4.74 Å². The van der Waals surface area contributed by atoms with Gasteiger partial charge in [0.15, 0.2) is 12.4 Å². The van der Waals surface area contributed by atoms with E-state index in [-0.39, 0.29) is 25.2 Å². The standard InChI is InChI=1S/C24H26N2O5/c27-21(20-11-10-18-8-4-5-9-19(18)14-20)12-13-23(29)31-16-22(28)26-24(30)25-15-17-6-2-1-3-7-17/h1-3,6-7,10-11,14H,4-5,8-9,12-13,15-16H2,(H2,25,26,28,30). The van der Waals surface area contributed by atoms with Crippen LogP contribution in [0.5, 0.6) is 0 Å². The number of fused-ring (bicyclic) bond motifs is 1. The number of aryl methyl sites for hydroxylation is 2. The van der Waals surface area contributed by atoms with Crippen LogP contribution in [0.1, 0.15) is 52.7 Å². The normalized spacial score (nSPS) is 12.4. The molecule has 0 saturated heterocycles. The predicted molar refractivity (Wildman–Crippen MR) is 114 cm³/mol. The van der Waals surface area contributed by atoms with Crippen LogP contribution in [0.3, 0.4) is 0 Å². The smallest absolute Gasteiger partial charge is 0.321 e. The zero-order chi connectivity index (χ0) is 22.1. The minimum absolute atomic E-state index is 0.0107. The molecule has 2 aromatic rings. The van der Waals surface area contributed by atoms with Crippen molar-refractivity contribution in [2.24, 2.45) is 0 Å². The molecular formula is C24H26N2O5. The zero-order valence-electron chi connectivity index (χ0n) is 17.3. The number of ketones is 1. The summed E-state index contributed by atoms with van der Waals surface area (Å²) in [6.45, 7) is -0.310. The van der Waals surface area contributed by atoms with E-state index in [1.807, 2.05) is 42.5 Å². The fraction of sp³-hybridized carbons (Fsp3) is 0.333. The average Bonchev–Trinajstić information content (AvgIpc) is 2.80. The second-order valence-electron chi connectivity index (χ2n) is 7.49. The molecule has 7 nitrogen and oxygen atoms in total. The van der Waals surface area contributed by atoms with Gasteiger partial charge in [0.25, 0.3) is 5.91 Å². The Hall–Kier alpha value is -3.48. The van der Waals surface area contributed by atoms with E-state index >= 15 is 0 Å². The number of esters is 1. The number of nitrogens with one attached hydrogen (secondary N) is 2. The van der Waals surface area contributed by atoms with Crippen LogP contribution < -0.4 is 10.6 Å². The molecule has 7 heteroatoms. The van der Waals surface area contributed by atoms with E-state index in [9.17, 15) is 19.2 Å². The number of hydrogen-bond acceptors (Lipinski definition) is 5. The number of benzene rings is 2. The first-order valence-corrected chi connectivity index (χ1v) is 10.4. The molecule has 0 fully saturated rings. The highest BCUT2D eigenvalue weighted by Gasteiger charge is 2.15. The minimum atomic E-state index is -0.736. The fourth-order valence-electron chi connectivity index (χ4n) is 3.47. The van der Waals surface area contributed by atoms with Crippen LogP contribution in [0.4, 0.5) is 4.79 Å². The first-order valence-electron chi connectivity index (χ1n) is 10.4. The Labute approximate surface area is 181 Å². The molecule has 0 radical (unpaired) electrons. The lowest BCUT2D eigenvalue weighted by Gasteiger charge is -2.16. The van der Waals surface area contributed by atoms with Crippen molar-refractivity contribution in [3.05, 3.63) is 70.8 Å². The third-order valence-corrected chi connectivity index (χ3v) is 5.14. The number of rotatable bonds is 8. The van der Waals surface area contributed by atoms with Crippen LogP contribution in [0.25, 0.3) is 0 Å². The summed E-state index contributed by atoms with van der Waals surface area (Å²) in [5, 5.41) is 4.63. The average molecular weight is 422 g/mol. The van der Waals surface area contributed by atoms with Crippen molar-refractivity contribution in [1.82, 2.24) is 10.6 Å². The Morgan fingerprint density at radius 2 is 1.61 bits per heavy atom. The van der Waals surface area contributed by atoms with Crippen molar-refractivity contribution in [3.8, 4) is 0 Å². The molecule has 31 heavy (non-hydrogen) atoms. The Morgan fingerprint density at radius 1 is 0.871 bits per heavy atom. The van der Waals surface area contributed by atoms with E-state index in [1.54, 1.807) is 6.07 Å². The molecule has 0 atom stereocenters. The van der Waals surface area contributed by atoms with Gasteiger partial charge in [0, 0.05) is 18.5 Å². The molecule has 0 saturated carbocycles. The van der Waals surface area contributed by atoms with Crippen LogP contribution in [0.2, 0.25) is 0 Å². The largest absolute Gasteiger partial charge is 0.456 e. The Morgan fingerprint density at radius 3 is 2.39 bits per heavy atom. The van der Waals surface area contributed by atoms with E-state index < -0.39 is 24.5 Å². The van der Waals surface area contributed by atoms with Crippen molar-refractivity contribution < 1.29 is 23.9 Å². The molecule has 0 spiro atoms. The summed E-state index contributed by atoms with van der Waals surface area (Å²) < 4.78 is 4.86. The number of amides is 3. The minimum Gasteiger partial charge on any atom is -0.456 e. The molecule has 0 heterocycles. The molecule has 3 amide bonds. The van der Waals surface area contributed by atoms with Crippen LogP contribution in [0, 0.1) is 0 Å². The topological polar surface area (TPSA) is 102 Å². The molecule has 1 aliphatic rings. The highest BCUT2D eigenvalue weighted by molar-refractivity contribution is 5.98. The number of ether oxygens (including phenoxy) is 1. The molecule has 0 bridgehead atoms. The van der Waals surface area contributed by atoms with Crippen LogP contribution >= 0.6 is 0 Å². The number of carbonyl (C=O) groups is 4. The maximum atomic E-state index is 12.4. The number of imide groups is 1. The van der Waals surface area contributed by atoms with Gasteiger partial charge in [0.05, 0.1) is 6.42 Å². The molecule has 2 aromatic carbocycles. The van der Waals surface area contributed by atoms with Gasteiger partial charge >= 0.3 is 12.0 Å². The molecule has 0 aliphatic heterocycles. The summed E-state index contributed by atoms with van der Waals surface area (Å²) in [5.74, 6) is -1.53. The summed E-state index contributed by atoms with van der Waals surface area (Å²) in [7, 11) is 0. The fourth-order valence-corrected chi connectivity index (χ4v) is 3.47. The molecule has 162 valence electrons. The van der Waals surface area contributed by atoms with Crippen LogP contribution in [-0.2, 0) is 33.7 Å². The summed E-state index contributed by atoms with van der Waals surface area (Å²) in [5.41, 5.74) is 3.99. The predicted octanol–water partition coefficient (Wildman–Crippen LogP) is 3.10. The van der Waals surface area contributed by atoms with Gasteiger partial charge < -0.3 is 10.1 Å². The maximum Gasteiger partial charge on any atom is 0.321 e. The van der Waals surface area contributed by atoms with Crippen LogP contribution in [-0.4, -0.2) is 30.3 Å². The van der Waals surface area contributed by atoms with E-state index in [1.165, 1.54) is 17.5 Å². The number of Topliss-reactive ketones (excluding diaryl/α,β-unsaturated/α-hetero) is 1. The molecule has 0 aromatic heterocycles. The maximum absolute atomic E-state index is 12.4. The molecule has 3 rings (SSSR count). The summed E-state index contributed by atoms with van der Waals surface area (Å²) in [6, 6.07) is 14.3. The zero-order valence-corrected chi connectivity index (χ0v) is 17.3. The summed E-state index contributed by atoms with van der Waals surface area (Å²) in [6.07, 6.45) is 4.22. The van der Waals surface area contributed by atoms with Crippen molar-refractivity contribution >= 4 is 23.7 Å². The van der Waals surface area contributed by atoms with Gasteiger partial charge in [-0.3, -0.25) is 19.7 Å². The first-order chi connectivity index (χ1) is 15.0. The van der Waals surface area contributed by atoms with Gasteiger partial charge in [-0.1, -0.05) is 42.5 Å². The van der Waals surface area contributed by atoms with Gasteiger partial charge in [-0.05, 0) is 48.4 Å². The second-order valence-corrected chi connectivity index (χ2v) is 7.49. The van der Waals surface area contributed by atoms with E-state index in [2.05, 4.69) is 10.6 Å². The van der Waals surface area contributed by atoms with E-state index in [0.29, 0.717) is 5.56 Å². The van der Waals surface area contributed by atoms with Gasteiger partial charge in [0.2, 0.25) is 0 Å². The second kappa shape index (κ2) is 11.1. The summed E-state index contributed by atoms with van der Waals surface area (Å²) in [4.78, 5) is 47.7. The third kappa shape index (κ3) is 7.06. The summed E-state index contributed by atoms with van der Waals surface area (Å²) >= 11 is 0. The number of carbonyl (C=O) groups excluding carboxylic acids is 4. The van der Waals surface area contributed by atoms with Crippen molar-refractivity contribution in [1.29, 1.82) is 0 Å². The Kier molecular flexibility index (Phi) is 7.92. The molecule has 0 unspecified atom stereocenters. The number of urea groups is 1. The van der Waals surface area contributed by atoms with Gasteiger partial charge in [-0.25, -0.2) is 4.79 Å². The Balaban J connectivity index is 1.34. The van der Waals surface area contributed by atoms with Crippen molar-refractivity contribution in [2.45, 2.75) is 45.1 Å². The SMILES string of the molecule is O=C(COC(=O)CCC(=O)c1ccc2c(c1)CCCC2)NC(=O)NCc1ccccc1. The quantitative estimate of drug-likeness (QED) is 0.503. The lowest BCUT2D eigenvalue weighted by molar-refractivity contribution is -0.148. The van der Waals surface area contributed by atoms with Crippen molar-refractivity contribution in [2.75, 3.05) is 6.61 Å². The van der Waals surface area contributed by atoms with Gasteiger partial charge in [-0.2, -0.15) is 0 Å². The molecule has 1 aliphatic carbocycles. The molecule has 2 N–H and O–H groups in total. The number of hydrogen-bond donors (Lipinski definition) is 2. The lowest BCUT2D eigenvalue weighted by Crippen LogP contribution is -2.41. The van der Waals surface area contributed by atoms with Gasteiger partial charge in [0.1, 0.15) is 0 Å². The monoisotopic (exact) mass is 422 g/mol.